The van der Waals surface area contributed by atoms with Crippen molar-refractivity contribution in [2.24, 2.45) is 5.92 Å². The van der Waals surface area contributed by atoms with E-state index in [9.17, 15) is 28.8 Å². The predicted octanol–water partition coefficient (Wildman–Crippen LogP) is 0.939. The summed E-state index contributed by atoms with van der Waals surface area (Å²) in [5.41, 5.74) is 1.36. The van der Waals surface area contributed by atoms with E-state index in [4.69, 9.17) is 4.74 Å². The van der Waals surface area contributed by atoms with Gasteiger partial charge >= 0.3 is 0 Å². The number of imide groups is 2. The van der Waals surface area contributed by atoms with Crippen molar-refractivity contribution >= 4 is 35.3 Å². The lowest BCUT2D eigenvalue weighted by atomic mass is 9.96. The number of ketones is 1. The molecule has 0 aromatic heterocycles. The van der Waals surface area contributed by atoms with E-state index in [0.29, 0.717) is 5.56 Å². The highest BCUT2D eigenvalue weighted by atomic mass is 16.5. The van der Waals surface area contributed by atoms with Crippen molar-refractivity contribution in [3.63, 3.8) is 0 Å². The lowest BCUT2D eigenvalue weighted by molar-refractivity contribution is -0.137. The molecule has 0 radical (unpaired) electrons. The molecule has 0 saturated carbocycles. The minimum absolute atomic E-state index is 0.106. The molecule has 2 rings (SSSR count). The Kier molecular flexibility index (Phi) is 11.0. The van der Waals surface area contributed by atoms with Gasteiger partial charge in [0.15, 0.2) is 0 Å². The van der Waals surface area contributed by atoms with E-state index in [1.807, 2.05) is 6.92 Å². The molecule has 10 heteroatoms. The van der Waals surface area contributed by atoms with E-state index >= 15 is 0 Å². The quantitative estimate of drug-likeness (QED) is 0.295. The molecule has 1 aliphatic rings. The molecule has 2 N–H and O–H groups in total. The number of amides is 5. The lowest BCUT2D eigenvalue weighted by Crippen LogP contribution is -2.39. The SMILES string of the molecule is CCC(=O)CC(CC(=O)NCCOCCN1C(=O)C=CC1=O)C(=O)NC(=O)c1ccc(CC)cc1. The van der Waals surface area contributed by atoms with Crippen LogP contribution in [0.2, 0.25) is 0 Å². The Morgan fingerprint density at radius 2 is 1.60 bits per heavy atom. The van der Waals surface area contributed by atoms with Gasteiger partial charge in [-0.25, -0.2) is 0 Å². The third-order valence-corrected chi connectivity index (χ3v) is 5.46. The van der Waals surface area contributed by atoms with Crippen molar-refractivity contribution in [1.82, 2.24) is 15.5 Å². The Hall–Kier alpha value is -3.66. The van der Waals surface area contributed by atoms with Gasteiger partial charge in [0.2, 0.25) is 11.8 Å². The van der Waals surface area contributed by atoms with Crippen LogP contribution < -0.4 is 10.6 Å². The van der Waals surface area contributed by atoms with Crippen LogP contribution in [-0.4, -0.2) is 66.5 Å². The zero-order valence-corrected chi connectivity index (χ0v) is 20.0. The first-order valence-electron chi connectivity index (χ1n) is 11.6. The second-order valence-electron chi connectivity index (χ2n) is 7.99. The Balaban J connectivity index is 1.79. The number of nitrogens with zero attached hydrogens (tertiary/aromatic N) is 1. The molecular formula is C25H31N3O7. The molecule has 188 valence electrons. The molecule has 35 heavy (non-hydrogen) atoms. The number of carbonyl (C=O) groups excluding carboxylic acids is 6. The topological polar surface area (TPSA) is 139 Å². The third kappa shape index (κ3) is 8.90. The summed E-state index contributed by atoms with van der Waals surface area (Å²) in [5.74, 6) is -3.71. The van der Waals surface area contributed by atoms with Gasteiger partial charge in [0.25, 0.3) is 17.7 Å². The van der Waals surface area contributed by atoms with Gasteiger partial charge in [-0.15, -0.1) is 0 Å². The van der Waals surface area contributed by atoms with Crippen LogP contribution in [0.3, 0.4) is 0 Å². The fraction of sp³-hybridized carbons (Fsp3) is 0.440. The van der Waals surface area contributed by atoms with E-state index in [-0.39, 0.29) is 51.3 Å². The van der Waals surface area contributed by atoms with Crippen molar-refractivity contribution in [3.05, 3.63) is 47.5 Å². The first kappa shape index (κ1) is 27.6. The summed E-state index contributed by atoms with van der Waals surface area (Å²) in [4.78, 5) is 73.3. The van der Waals surface area contributed by atoms with Crippen molar-refractivity contribution in [1.29, 1.82) is 0 Å². The summed E-state index contributed by atoms with van der Waals surface area (Å²) < 4.78 is 5.33. The lowest BCUT2D eigenvalue weighted by Gasteiger charge is -2.16. The van der Waals surface area contributed by atoms with Gasteiger partial charge in [-0.05, 0) is 24.1 Å². The maximum Gasteiger partial charge on any atom is 0.257 e. The molecule has 0 saturated heterocycles. The van der Waals surface area contributed by atoms with Gasteiger partial charge in [-0.1, -0.05) is 26.0 Å². The number of aryl methyl sites for hydroxylation is 1. The fourth-order valence-corrected chi connectivity index (χ4v) is 3.32. The van der Waals surface area contributed by atoms with E-state index < -0.39 is 35.5 Å². The molecule has 1 aromatic carbocycles. The minimum Gasteiger partial charge on any atom is -0.378 e. The van der Waals surface area contributed by atoms with Gasteiger partial charge < -0.3 is 10.1 Å². The number of nitrogens with one attached hydrogen (secondary N) is 2. The Morgan fingerprint density at radius 3 is 2.20 bits per heavy atom. The number of rotatable bonds is 14. The van der Waals surface area contributed by atoms with Gasteiger partial charge in [0.1, 0.15) is 5.78 Å². The smallest absolute Gasteiger partial charge is 0.257 e. The van der Waals surface area contributed by atoms with Crippen LogP contribution in [0.4, 0.5) is 0 Å². The Labute approximate surface area is 204 Å². The Bertz CT molecular complexity index is 967. The predicted molar refractivity (Wildman–Crippen MR) is 126 cm³/mol. The molecular weight excluding hydrogens is 454 g/mol. The van der Waals surface area contributed by atoms with Crippen LogP contribution in [0.15, 0.2) is 36.4 Å². The van der Waals surface area contributed by atoms with E-state index in [0.717, 1.165) is 16.9 Å². The maximum atomic E-state index is 12.7. The molecule has 0 bridgehead atoms. The van der Waals surface area contributed by atoms with Crippen molar-refractivity contribution in [2.45, 2.75) is 39.5 Å². The highest BCUT2D eigenvalue weighted by Crippen LogP contribution is 2.13. The molecule has 1 aromatic rings. The number of benzene rings is 1. The maximum absolute atomic E-state index is 12.7. The average molecular weight is 486 g/mol. The van der Waals surface area contributed by atoms with Gasteiger partial charge in [0.05, 0.1) is 25.7 Å². The van der Waals surface area contributed by atoms with Gasteiger partial charge in [-0.3, -0.25) is 39.0 Å². The molecule has 0 aliphatic carbocycles. The number of carbonyl (C=O) groups is 6. The van der Waals surface area contributed by atoms with Crippen LogP contribution in [-0.2, 0) is 35.1 Å². The monoisotopic (exact) mass is 485 g/mol. The molecule has 0 spiro atoms. The summed E-state index contributed by atoms with van der Waals surface area (Å²) in [5, 5.41) is 4.89. The van der Waals surface area contributed by atoms with Gasteiger partial charge in [0, 0.05) is 43.5 Å². The van der Waals surface area contributed by atoms with E-state index in [1.165, 1.54) is 12.2 Å². The highest BCUT2D eigenvalue weighted by Gasteiger charge is 2.26. The van der Waals surface area contributed by atoms with Gasteiger partial charge in [-0.2, -0.15) is 0 Å². The van der Waals surface area contributed by atoms with Crippen LogP contribution in [0, 0.1) is 5.92 Å². The summed E-state index contributed by atoms with van der Waals surface area (Å²) in [6, 6.07) is 6.83. The summed E-state index contributed by atoms with van der Waals surface area (Å²) in [7, 11) is 0. The number of hydrogen-bond donors (Lipinski definition) is 2. The standard InChI is InChI=1S/C25H31N3O7/c1-3-17-5-7-18(8-6-17)24(33)27-25(34)19(15-20(29)4-2)16-21(30)26-11-13-35-14-12-28-22(31)9-10-23(28)32/h5-10,19H,3-4,11-16H2,1-2H3,(H,26,30)(H,27,33,34). The number of hydrogen-bond acceptors (Lipinski definition) is 7. The normalized spacial score (nSPS) is 13.6. The molecule has 5 amide bonds. The summed E-state index contributed by atoms with van der Waals surface area (Å²) in [6.45, 7) is 4.14. The third-order valence-electron chi connectivity index (χ3n) is 5.46. The second kappa shape index (κ2) is 13.9. The van der Waals surface area contributed by atoms with E-state index in [1.54, 1.807) is 31.2 Å². The molecule has 1 heterocycles. The zero-order valence-electron chi connectivity index (χ0n) is 20.0. The summed E-state index contributed by atoms with van der Waals surface area (Å²) in [6.07, 6.45) is 2.99. The number of ether oxygens (including phenoxy) is 1. The molecule has 0 fully saturated rings. The Morgan fingerprint density at radius 1 is 0.943 bits per heavy atom. The average Bonchev–Trinajstić information content (AvgIpc) is 3.17. The minimum atomic E-state index is -0.984. The van der Waals surface area contributed by atoms with E-state index in [2.05, 4.69) is 10.6 Å². The van der Waals surface area contributed by atoms with Crippen molar-refractivity contribution in [2.75, 3.05) is 26.3 Å². The first-order chi connectivity index (χ1) is 16.7. The molecule has 1 unspecified atom stereocenters. The number of Topliss-reactive ketones (excluding diaryl/α,β-unsaturated/α-hetero) is 1. The second-order valence-corrected chi connectivity index (χ2v) is 7.99. The van der Waals surface area contributed by atoms with Crippen LogP contribution in [0.1, 0.15) is 49.0 Å². The largest absolute Gasteiger partial charge is 0.378 e. The molecule has 10 nitrogen and oxygen atoms in total. The van der Waals surface area contributed by atoms with Crippen LogP contribution in [0.5, 0.6) is 0 Å². The van der Waals surface area contributed by atoms with Crippen molar-refractivity contribution in [3.8, 4) is 0 Å². The highest BCUT2D eigenvalue weighted by molar-refractivity contribution is 6.12. The van der Waals surface area contributed by atoms with Crippen LogP contribution in [0.25, 0.3) is 0 Å². The molecule has 1 atom stereocenters. The zero-order chi connectivity index (χ0) is 25.8. The van der Waals surface area contributed by atoms with Crippen LogP contribution >= 0.6 is 0 Å². The fourth-order valence-electron chi connectivity index (χ4n) is 3.32. The first-order valence-corrected chi connectivity index (χ1v) is 11.6. The van der Waals surface area contributed by atoms with Crippen molar-refractivity contribution < 1.29 is 33.5 Å². The summed E-state index contributed by atoms with van der Waals surface area (Å²) >= 11 is 0. The molecule has 1 aliphatic heterocycles.